The molecule has 22 heavy (non-hydrogen) atoms. The molecule has 0 atom stereocenters. The van der Waals surface area contributed by atoms with E-state index < -0.39 is 0 Å². The Balaban J connectivity index is 1.71. The number of aromatic nitrogens is 4. The second-order valence-electron chi connectivity index (χ2n) is 5.73. The lowest BCUT2D eigenvalue weighted by atomic mass is 9.99. The van der Waals surface area contributed by atoms with E-state index in [1.165, 1.54) is 25.0 Å². The Morgan fingerprint density at radius 1 is 1.09 bits per heavy atom. The van der Waals surface area contributed by atoms with Crippen LogP contribution in [0, 0.1) is 0 Å². The van der Waals surface area contributed by atoms with E-state index in [2.05, 4.69) is 31.8 Å². The first-order valence-corrected chi connectivity index (χ1v) is 7.72. The number of anilines is 1. The minimum Gasteiger partial charge on any atom is -0.327 e. The van der Waals surface area contributed by atoms with E-state index in [0.717, 1.165) is 34.9 Å². The van der Waals surface area contributed by atoms with Gasteiger partial charge in [-0.15, -0.1) is 10.2 Å². The normalized spacial score (nSPS) is 15.4. The molecule has 1 fully saturated rings. The SMILES string of the molecule is Cn1c2ccccc2c2nnc(NN=C3CCCCC3)nc21. The van der Waals surface area contributed by atoms with Crippen molar-refractivity contribution in [1.29, 1.82) is 0 Å². The van der Waals surface area contributed by atoms with Crippen LogP contribution in [0.1, 0.15) is 32.1 Å². The van der Waals surface area contributed by atoms with Crippen LogP contribution in [0.3, 0.4) is 0 Å². The average molecular weight is 294 g/mol. The summed E-state index contributed by atoms with van der Waals surface area (Å²) in [5.74, 6) is 0.455. The molecule has 2 heterocycles. The Kier molecular flexibility index (Phi) is 3.21. The number of nitrogens with one attached hydrogen (secondary N) is 1. The van der Waals surface area contributed by atoms with Crippen molar-refractivity contribution in [2.45, 2.75) is 32.1 Å². The molecule has 0 bridgehead atoms. The van der Waals surface area contributed by atoms with Crippen molar-refractivity contribution in [3.05, 3.63) is 24.3 Å². The summed E-state index contributed by atoms with van der Waals surface area (Å²) in [6.07, 6.45) is 5.89. The largest absolute Gasteiger partial charge is 0.327 e. The molecule has 0 radical (unpaired) electrons. The predicted octanol–water partition coefficient (Wildman–Crippen LogP) is 3.25. The first-order valence-electron chi connectivity index (χ1n) is 7.72. The maximum Gasteiger partial charge on any atom is 0.265 e. The van der Waals surface area contributed by atoms with Crippen LogP contribution in [0.15, 0.2) is 29.4 Å². The van der Waals surface area contributed by atoms with Crippen LogP contribution >= 0.6 is 0 Å². The van der Waals surface area contributed by atoms with Gasteiger partial charge in [-0.2, -0.15) is 10.1 Å². The highest BCUT2D eigenvalue weighted by molar-refractivity contribution is 6.04. The van der Waals surface area contributed by atoms with Crippen LogP contribution in [-0.4, -0.2) is 25.5 Å². The van der Waals surface area contributed by atoms with Gasteiger partial charge in [-0.3, -0.25) is 0 Å². The van der Waals surface area contributed by atoms with Crippen LogP contribution in [0.2, 0.25) is 0 Å². The predicted molar refractivity (Wildman–Crippen MR) is 88.0 cm³/mol. The fourth-order valence-electron chi connectivity index (χ4n) is 3.05. The lowest BCUT2D eigenvalue weighted by molar-refractivity contribution is 0.665. The highest BCUT2D eigenvalue weighted by atomic mass is 15.4. The zero-order valence-corrected chi connectivity index (χ0v) is 12.6. The molecule has 6 heteroatoms. The number of hydrazone groups is 1. The number of fused-ring (bicyclic) bond motifs is 3. The lowest BCUT2D eigenvalue weighted by Crippen LogP contribution is -2.08. The molecule has 1 aliphatic carbocycles. The fourth-order valence-corrected chi connectivity index (χ4v) is 3.05. The molecule has 0 saturated heterocycles. The topological polar surface area (TPSA) is 68.0 Å². The van der Waals surface area contributed by atoms with E-state index >= 15 is 0 Å². The zero-order valence-electron chi connectivity index (χ0n) is 12.6. The monoisotopic (exact) mass is 294 g/mol. The van der Waals surface area contributed by atoms with Crippen molar-refractivity contribution in [2.24, 2.45) is 12.1 Å². The molecule has 0 unspecified atom stereocenters. The van der Waals surface area contributed by atoms with Crippen molar-refractivity contribution in [1.82, 2.24) is 19.7 Å². The molecule has 1 saturated carbocycles. The minimum atomic E-state index is 0.455. The fraction of sp³-hybridized carbons (Fsp3) is 0.375. The number of rotatable bonds is 2. The Bertz CT molecular complexity index is 856. The first-order chi connectivity index (χ1) is 10.8. The van der Waals surface area contributed by atoms with Crippen molar-refractivity contribution in [3.63, 3.8) is 0 Å². The van der Waals surface area contributed by atoms with Gasteiger partial charge >= 0.3 is 0 Å². The third kappa shape index (κ3) is 2.20. The second-order valence-corrected chi connectivity index (χ2v) is 5.73. The van der Waals surface area contributed by atoms with Gasteiger partial charge in [0.05, 0.1) is 5.52 Å². The van der Waals surface area contributed by atoms with Gasteiger partial charge in [0, 0.05) is 18.1 Å². The minimum absolute atomic E-state index is 0.455. The number of hydrogen-bond acceptors (Lipinski definition) is 5. The van der Waals surface area contributed by atoms with Crippen LogP contribution in [0.4, 0.5) is 5.95 Å². The smallest absolute Gasteiger partial charge is 0.265 e. The summed E-state index contributed by atoms with van der Waals surface area (Å²) < 4.78 is 2.04. The number of benzene rings is 1. The molecule has 1 aromatic carbocycles. The highest BCUT2D eigenvalue weighted by Gasteiger charge is 2.12. The Morgan fingerprint density at radius 3 is 2.77 bits per heavy atom. The Labute approximate surface area is 128 Å². The quantitative estimate of drug-likeness (QED) is 0.737. The maximum atomic E-state index is 4.57. The molecule has 1 aliphatic rings. The van der Waals surface area contributed by atoms with E-state index in [4.69, 9.17) is 0 Å². The molecular weight excluding hydrogens is 276 g/mol. The molecule has 112 valence electrons. The third-order valence-corrected chi connectivity index (χ3v) is 4.25. The van der Waals surface area contributed by atoms with Gasteiger partial charge in [-0.25, -0.2) is 5.43 Å². The molecule has 4 rings (SSSR count). The molecule has 2 aromatic heterocycles. The van der Waals surface area contributed by atoms with Crippen molar-refractivity contribution >= 4 is 33.7 Å². The standard InChI is InChI=1S/C16H18N6/c1-22-13-10-6-5-9-12(13)14-15(22)17-16(21-19-14)20-18-11-7-3-2-4-8-11/h5-6,9-10H,2-4,7-8H2,1H3,(H,17,20,21). The summed E-state index contributed by atoms with van der Waals surface area (Å²) in [4.78, 5) is 4.57. The molecule has 6 nitrogen and oxygen atoms in total. The summed E-state index contributed by atoms with van der Waals surface area (Å²) in [5.41, 5.74) is 6.92. The summed E-state index contributed by atoms with van der Waals surface area (Å²) >= 11 is 0. The number of para-hydroxylation sites is 1. The number of aryl methyl sites for hydroxylation is 1. The van der Waals surface area contributed by atoms with E-state index in [1.54, 1.807) is 0 Å². The number of nitrogens with zero attached hydrogens (tertiary/aromatic N) is 5. The van der Waals surface area contributed by atoms with E-state index in [-0.39, 0.29) is 0 Å². The van der Waals surface area contributed by atoms with E-state index in [9.17, 15) is 0 Å². The summed E-state index contributed by atoms with van der Waals surface area (Å²) in [6.45, 7) is 0. The van der Waals surface area contributed by atoms with E-state index in [1.807, 2.05) is 29.8 Å². The van der Waals surface area contributed by atoms with Gasteiger partial charge < -0.3 is 4.57 Å². The molecule has 0 amide bonds. The van der Waals surface area contributed by atoms with Crippen molar-refractivity contribution in [2.75, 3.05) is 5.43 Å². The van der Waals surface area contributed by atoms with Gasteiger partial charge in [-0.05, 0) is 31.7 Å². The summed E-state index contributed by atoms with van der Waals surface area (Å²) in [6, 6.07) is 8.13. The third-order valence-electron chi connectivity index (χ3n) is 4.25. The average Bonchev–Trinajstić information content (AvgIpc) is 2.87. The number of hydrogen-bond donors (Lipinski definition) is 1. The summed E-state index contributed by atoms with van der Waals surface area (Å²) in [5, 5.41) is 14.0. The van der Waals surface area contributed by atoms with Gasteiger partial charge in [0.15, 0.2) is 5.65 Å². The van der Waals surface area contributed by atoms with Crippen LogP contribution in [0.5, 0.6) is 0 Å². The Morgan fingerprint density at radius 2 is 1.91 bits per heavy atom. The molecule has 0 aliphatic heterocycles. The van der Waals surface area contributed by atoms with Crippen LogP contribution in [0.25, 0.3) is 22.1 Å². The second kappa shape index (κ2) is 5.36. The molecule has 0 spiro atoms. The van der Waals surface area contributed by atoms with Gasteiger partial charge in [0.25, 0.3) is 5.95 Å². The van der Waals surface area contributed by atoms with Crippen molar-refractivity contribution in [3.8, 4) is 0 Å². The molecule has 1 N–H and O–H groups in total. The van der Waals surface area contributed by atoms with Gasteiger partial charge in [0.2, 0.25) is 0 Å². The molecular formula is C16H18N6. The van der Waals surface area contributed by atoms with Gasteiger partial charge in [-0.1, -0.05) is 24.6 Å². The van der Waals surface area contributed by atoms with Crippen LogP contribution in [-0.2, 0) is 7.05 Å². The summed E-state index contributed by atoms with van der Waals surface area (Å²) in [7, 11) is 2.00. The van der Waals surface area contributed by atoms with Gasteiger partial charge in [0.1, 0.15) is 5.52 Å². The zero-order chi connectivity index (χ0) is 14.9. The first kappa shape index (κ1) is 13.2. The van der Waals surface area contributed by atoms with E-state index in [0.29, 0.717) is 5.95 Å². The highest BCUT2D eigenvalue weighted by Crippen LogP contribution is 2.24. The maximum absolute atomic E-state index is 4.57. The lowest BCUT2D eigenvalue weighted by Gasteiger charge is -2.11. The molecule has 3 aromatic rings. The van der Waals surface area contributed by atoms with Crippen molar-refractivity contribution < 1.29 is 0 Å². The van der Waals surface area contributed by atoms with Crippen LogP contribution < -0.4 is 5.43 Å². The Hall–Kier alpha value is -2.50.